The Hall–Kier alpha value is -3.30. The zero-order valence-electron chi connectivity index (χ0n) is 26.2. The molecular weight excluding hydrogens is 544 g/mol. The summed E-state index contributed by atoms with van der Waals surface area (Å²) in [6.07, 6.45) is 5.45. The van der Waals surface area contributed by atoms with Crippen LogP contribution in [-0.4, -0.2) is 59.7 Å². The molecule has 0 unspecified atom stereocenters. The Morgan fingerprint density at radius 2 is 1.90 bits per heavy atom. The lowest BCUT2D eigenvalue weighted by atomic mass is 9.93. The molecule has 9 heteroatoms. The van der Waals surface area contributed by atoms with E-state index in [0.717, 1.165) is 53.6 Å². The fraction of sp³-hybridized carbons (Fsp3) is 0.515. The van der Waals surface area contributed by atoms with Crippen LogP contribution < -0.4 is 10.1 Å². The third-order valence-corrected chi connectivity index (χ3v) is 9.53. The first-order chi connectivity index (χ1) is 19.8. The van der Waals surface area contributed by atoms with E-state index in [9.17, 15) is 4.79 Å². The largest absolute Gasteiger partial charge is 0.488 e. The molecule has 1 fully saturated rings. The van der Waals surface area contributed by atoms with Crippen LogP contribution in [0.2, 0.25) is 25.7 Å². The number of likely N-dealkylation sites (tertiary alicyclic amines) is 1. The number of anilines is 1. The van der Waals surface area contributed by atoms with Crippen molar-refractivity contribution in [3.63, 3.8) is 0 Å². The lowest BCUT2D eigenvalue weighted by molar-refractivity contribution is 0.0112. The molecule has 42 heavy (non-hydrogen) atoms. The highest BCUT2D eigenvalue weighted by molar-refractivity contribution is 6.76. The Morgan fingerprint density at radius 3 is 2.64 bits per heavy atom. The van der Waals surface area contributed by atoms with Gasteiger partial charge in [0.25, 0.3) is 0 Å². The van der Waals surface area contributed by atoms with Gasteiger partial charge >= 0.3 is 6.09 Å². The number of nitrogens with zero attached hydrogens (tertiary/aromatic N) is 3. The van der Waals surface area contributed by atoms with E-state index in [0.29, 0.717) is 19.9 Å². The number of hydrogen-bond acceptors (Lipinski definition) is 6. The molecule has 2 aliphatic heterocycles. The molecule has 226 valence electrons. The number of hydrogen-bond donors (Lipinski definition) is 1. The van der Waals surface area contributed by atoms with E-state index >= 15 is 0 Å². The number of amides is 1. The van der Waals surface area contributed by atoms with Gasteiger partial charge in [0.15, 0.2) is 0 Å². The number of benzene rings is 2. The second-order valence-corrected chi connectivity index (χ2v) is 19.5. The molecule has 5 rings (SSSR count). The molecule has 1 amide bonds. The Kier molecular flexibility index (Phi) is 8.71. The van der Waals surface area contributed by atoms with Crippen molar-refractivity contribution >= 4 is 19.9 Å². The van der Waals surface area contributed by atoms with Gasteiger partial charge in [-0.1, -0.05) is 31.8 Å². The minimum absolute atomic E-state index is 0.107. The molecule has 2 atom stereocenters. The van der Waals surface area contributed by atoms with E-state index in [1.807, 2.05) is 42.7 Å². The number of carbonyl (C=O) groups is 1. The number of aromatic nitrogens is 2. The monoisotopic (exact) mass is 590 g/mol. The number of ether oxygens (including phenoxy) is 3. The molecule has 0 bridgehead atoms. The van der Waals surface area contributed by atoms with Crippen LogP contribution in [0.4, 0.5) is 10.5 Å². The molecule has 2 aromatic carbocycles. The van der Waals surface area contributed by atoms with E-state index in [1.165, 1.54) is 11.1 Å². The van der Waals surface area contributed by atoms with Crippen LogP contribution in [0.5, 0.6) is 5.75 Å². The van der Waals surface area contributed by atoms with Crippen LogP contribution in [0.1, 0.15) is 46.1 Å². The van der Waals surface area contributed by atoms with Crippen molar-refractivity contribution in [1.82, 2.24) is 14.7 Å². The van der Waals surface area contributed by atoms with Gasteiger partial charge in [-0.3, -0.25) is 0 Å². The lowest BCUT2D eigenvalue weighted by Crippen LogP contribution is -2.49. The third kappa shape index (κ3) is 7.55. The zero-order chi connectivity index (χ0) is 30.1. The summed E-state index contributed by atoms with van der Waals surface area (Å²) in [4.78, 5) is 14.4. The summed E-state index contributed by atoms with van der Waals surface area (Å²) in [7, 11) is -1.10. The van der Waals surface area contributed by atoms with E-state index in [1.54, 1.807) is 0 Å². The van der Waals surface area contributed by atoms with Gasteiger partial charge in [0, 0.05) is 62.4 Å². The van der Waals surface area contributed by atoms with Crippen LogP contribution >= 0.6 is 0 Å². The quantitative estimate of drug-likeness (QED) is 0.215. The first-order valence-corrected chi connectivity index (χ1v) is 18.8. The summed E-state index contributed by atoms with van der Waals surface area (Å²) in [5.74, 6) is 0.891. The predicted octanol–water partition coefficient (Wildman–Crippen LogP) is 7.62. The fourth-order valence-corrected chi connectivity index (χ4v) is 6.27. The second-order valence-electron chi connectivity index (χ2n) is 13.9. The average Bonchev–Trinajstić information content (AvgIpc) is 3.38. The predicted molar refractivity (Wildman–Crippen MR) is 171 cm³/mol. The molecule has 8 nitrogen and oxygen atoms in total. The summed E-state index contributed by atoms with van der Waals surface area (Å²) < 4.78 is 19.6. The first kappa shape index (κ1) is 30.2. The molecule has 0 aliphatic carbocycles. The van der Waals surface area contributed by atoms with Gasteiger partial charge in [-0.15, -0.1) is 0 Å². The van der Waals surface area contributed by atoms with Crippen molar-refractivity contribution in [2.45, 2.75) is 97.2 Å². The normalized spacial score (nSPS) is 18.6. The van der Waals surface area contributed by atoms with Gasteiger partial charge in [0.2, 0.25) is 0 Å². The van der Waals surface area contributed by atoms with Crippen molar-refractivity contribution in [2.75, 3.05) is 18.5 Å². The maximum Gasteiger partial charge on any atom is 0.410 e. The zero-order valence-corrected chi connectivity index (χ0v) is 27.2. The summed E-state index contributed by atoms with van der Waals surface area (Å²) >= 11 is 0. The minimum Gasteiger partial charge on any atom is -0.488 e. The molecule has 0 spiro atoms. The van der Waals surface area contributed by atoms with Gasteiger partial charge in [-0.05, 0) is 81.5 Å². The number of fused-ring (bicyclic) bond motifs is 3. The van der Waals surface area contributed by atoms with Gasteiger partial charge in [0.1, 0.15) is 24.7 Å². The smallest absolute Gasteiger partial charge is 0.410 e. The van der Waals surface area contributed by atoms with E-state index < -0.39 is 13.7 Å². The number of piperidine rings is 1. The molecule has 0 radical (unpaired) electrons. The Morgan fingerprint density at radius 1 is 1.12 bits per heavy atom. The van der Waals surface area contributed by atoms with Crippen molar-refractivity contribution in [3.05, 3.63) is 54.4 Å². The maximum absolute atomic E-state index is 12.6. The third-order valence-electron chi connectivity index (χ3n) is 7.82. The summed E-state index contributed by atoms with van der Waals surface area (Å²) in [6, 6.07) is 14.5. The number of carbonyl (C=O) groups excluding carboxylic acids is 1. The second kappa shape index (κ2) is 12.1. The molecule has 3 aromatic rings. The van der Waals surface area contributed by atoms with Crippen LogP contribution in [0.3, 0.4) is 0 Å². The lowest BCUT2D eigenvalue weighted by Gasteiger charge is -2.39. The Balaban J connectivity index is 1.20. The van der Waals surface area contributed by atoms with Crippen molar-refractivity contribution in [1.29, 1.82) is 0 Å². The van der Waals surface area contributed by atoms with Gasteiger partial charge in [-0.2, -0.15) is 5.10 Å². The molecule has 0 saturated carbocycles. The van der Waals surface area contributed by atoms with Crippen LogP contribution in [0.25, 0.3) is 22.3 Å². The summed E-state index contributed by atoms with van der Waals surface area (Å²) in [5.41, 5.74) is 6.23. The summed E-state index contributed by atoms with van der Waals surface area (Å²) in [5, 5.41) is 8.18. The van der Waals surface area contributed by atoms with Crippen LogP contribution in [0, 0.1) is 0 Å². The first-order valence-electron chi connectivity index (χ1n) is 15.1. The number of rotatable bonds is 8. The fourth-order valence-electron chi connectivity index (χ4n) is 5.52. The van der Waals surface area contributed by atoms with Crippen molar-refractivity contribution in [3.8, 4) is 28.0 Å². The standard InChI is InChI=1S/C33H46N4O4Si/c1-23-16-28(12-13-37(23)32(38)41-33(2,3)4)35-27-9-11-30-29-10-8-24(17-25(29)21-40-31(30)18-27)26-19-34-36(20-26)22-39-14-15-42(5,6)7/h8-11,17-20,23,28,35H,12-16,21-22H2,1-7H3/t23-,28+/m0/s1. The molecular formula is C33H46N4O4Si. The van der Waals surface area contributed by atoms with Crippen LogP contribution in [-0.2, 0) is 22.8 Å². The molecule has 3 heterocycles. The van der Waals surface area contributed by atoms with E-state index in [-0.39, 0.29) is 18.2 Å². The Labute approximate surface area is 251 Å². The summed E-state index contributed by atoms with van der Waals surface area (Å²) in [6.45, 7) is 17.3. The molecule has 1 aromatic heterocycles. The molecule has 1 N–H and O–H groups in total. The van der Waals surface area contributed by atoms with Crippen molar-refractivity contribution < 1.29 is 19.0 Å². The minimum atomic E-state index is -1.10. The Bertz CT molecular complexity index is 1410. The van der Waals surface area contributed by atoms with Gasteiger partial charge < -0.3 is 24.4 Å². The topological polar surface area (TPSA) is 77.9 Å². The van der Waals surface area contributed by atoms with Crippen molar-refractivity contribution in [2.24, 2.45) is 0 Å². The van der Waals surface area contributed by atoms with Crippen LogP contribution in [0.15, 0.2) is 48.8 Å². The van der Waals surface area contributed by atoms with Gasteiger partial charge in [-0.25, -0.2) is 9.48 Å². The molecule has 2 aliphatic rings. The SMILES string of the molecule is C[C@H]1C[C@H](Nc2ccc3c(c2)OCc2cc(-c4cnn(COCC[Si](C)(C)C)c4)ccc2-3)CCN1C(=O)OC(C)(C)C. The molecule has 1 saturated heterocycles. The number of nitrogens with one attached hydrogen (secondary N) is 1. The highest BCUT2D eigenvalue weighted by atomic mass is 28.3. The maximum atomic E-state index is 12.6. The van der Waals surface area contributed by atoms with E-state index in [2.05, 4.69) is 73.4 Å². The highest BCUT2D eigenvalue weighted by Crippen LogP contribution is 2.41. The van der Waals surface area contributed by atoms with Gasteiger partial charge in [0.05, 0.1) is 6.20 Å². The average molecular weight is 591 g/mol. The van der Waals surface area contributed by atoms with E-state index in [4.69, 9.17) is 14.2 Å². The highest BCUT2D eigenvalue weighted by Gasteiger charge is 2.32.